The van der Waals surface area contributed by atoms with E-state index in [1.54, 1.807) is 0 Å². The molecule has 2 unspecified atom stereocenters. The van der Waals surface area contributed by atoms with E-state index in [0.29, 0.717) is 6.04 Å². The van der Waals surface area contributed by atoms with Crippen LogP contribution in [0.5, 0.6) is 0 Å². The third kappa shape index (κ3) is 4.45. The number of aliphatic hydroxyl groups is 1. The highest BCUT2D eigenvalue weighted by Crippen LogP contribution is 2.13. The number of aryl methyl sites for hydroxylation is 1. The van der Waals surface area contributed by atoms with Crippen molar-refractivity contribution in [3.05, 3.63) is 35.4 Å². The lowest BCUT2D eigenvalue weighted by Gasteiger charge is -2.15. The molecule has 1 rings (SSSR count). The molecule has 0 aliphatic rings. The van der Waals surface area contributed by atoms with Crippen LogP contribution in [0.1, 0.15) is 37.4 Å². The number of rotatable bonds is 5. The zero-order valence-electron chi connectivity index (χ0n) is 9.83. The van der Waals surface area contributed by atoms with Gasteiger partial charge in [-0.25, -0.2) is 0 Å². The van der Waals surface area contributed by atoms with Gasteiger partial charge >= 0.3 is 0 Å². The van der Waals surface area contributed by atoms with Gasteiger partial charge in [0.2, 0.25) is 0 Å². The minimum Gasteiger partial charge on any atom is -0.393 e. The average Bonchev–Trinajstić information content (AvgIpc) is 2.17. The van der Waals surface area contributed by atoms with Gasteiger partial charge in [0.05, 0.1) is 6.10 Å². The van der Waals surface area contributed by atoms with Gasteiger partial charge in [0.1, 0.15) is 0 Å². The van der Waals surface area contributed by atoms with E-state index in [1.807, 2.05) is 6.92 Å². The first kappa shape index (κ1) is 12.2. The van der Waals surface area contributed by atoms with Crippen LogP contribution in [0.4, 0.5) is 0 Å². The Hall–Kier alpha value is -0.860. The Morgan fingerprint density at radius 3 is 2.67 bits per heavy atom. The second kappa shape index (κ2) is 5.89. The van der Waals surface area contributed by atoms with Gasteiger partial charge in [-0.1, -0.05) is 29.8 Å². The molecule has 0 radical (unpaired) electrons. The molecule has 2 nitrogen and oxygen atoms in total. The van der Waals surface area contributed by atoms with Crippen LogP contribution < -0.4 is 5.32 Å². The number of nitrogens with one attached hydrogen (secondary N) is 1. The lowest BCUT2D eigenvalue weighted by Crippen LogP contribution is -2.22. The number of hydrogen-bond donors (Lipinski definition) is 2. The van der Waals surface area contributed by atoms with Crippen molar-refractivity contribution >= 4 is 0 Å². The Balaban J connectivity index is 2.43. The summed E-state index contributed by atoms with van der Waals surface area (Å²) in [5.41, 5.74) is 2.59. The monoisotopic (exact) mass is 207 g/mol. The Labute approximate surface area is 92.3 Å². The fraction of sp³-hybridized carbons (Fsp3) is 0.538. The Morgan fingerprint density at radius 1 is 1.33 bits per heavy atom. The van der Waals surface area contributed by atoms with Gasteiger partial charge in [0, 0.05) is 6.04 Å². The highest BCUT2D eigenvalue weighted by Gasteiger charge is 2.04. The summed E-state index contributed by atoms with van der Waals surface area (Å²) in [7, 11) is 0. The van der Waals surface area contributed by atoms with Crippen LogP contribution >= 0.6 is 0 Å². The normalized spacial score (nSPS) is 14.9. The highest BCUT2D eigenvalue weighted by molar-refractivity contribution is 5.24. The molecule has 84 valence electrons. The summed E-state index contributed by atoms with van der Waals surface area (Å²) < 4.78 is 0. The molecule has 0 saturated heterocycles. The summed E-state index contributed by atoms with van der Waals surface area (Å²) in [6, 6.07) is 8.86. The smallest absolute Gasteiger partial charge is 0.0524 e. The Morgan fingerprint density at radius 2 is 2.07 bits per heavy atom. The van der Waals surface area contributed by atoms with Crippen LogP contribution in [0.2, 0.25) is 0 Å². The average molecular weight is 207 g/mol. The number of hydrogen-bond acceptors (Lipinski definition) is 2. The van der Waals surface area contributed by atoms with Crippen LogP contribution in [0.15, 0.2) is 24.3 Å². The second-order valence-corrected chi connectivity index (χ2v) is 4.23. The predicted molar refractivity (Wildman–Crippen MR) is 63.9 cm³/mol. The third-order valence-corrected chi connectivity index (χ3v) is 2.55. The fourth-order valence-corrected chi connectivity index (χ4v) is 1.57. The van der Waals surface area contributed by atoms with Gasteiger partial charge in [-0.2, -0.15) is 0 Å². The van der Waals surface area contributed by atoms with E-state index in [0.717, 1.165) is 13.0 Å². The zero-order valence-corrected chi connectivity index (χ0v) is 9.83. The summed E-state index contributed by atoms with van der Waals surface area (Å²) >= 11 is 0. The SMILES string of the molecule is Cc1cccc(C(C)NCCC(C)O)c1. The predicted octanol–water partition coefficient (Wildman–Crippen LogP) is 2.42. The minimum atomic E-state index is -0.220. The first-order chi connectivity index (χ1) is 7.09. The molecule has 15 heavy (non-hydrogen) atoms. The van der Waals surface area contributed by atoms with E-state index in [-0.39, 0.29) is 6.10 Å². The van der Waals surface area contributed by atoms with Gasteiger partial charge < -0.3 is 10.4 Å². The largest absolute Gasteiger partial charge is 0.393 e. The first-order valence-corrected chi connectivity index (χ1v) is 5.57. The van der Waals surface area contributed by atoms with E-state index in [1.165, 1.54) is 11.1 Å². The molecular weight excluding hydrogens is 186 g/mol. The zero-order chi connectivity index (χ0) is 11.3. The lowest BCUT2D eigenvalue weighted by molar-refractivity contribution is 0.182. The molecule has 0 aliphatic heterocycles. The van der Waals surface area contributed by atoms with Crippen molar-refractivity contribution in [2.24, 2.45) is 0 Å². The van der Waals surface area contributed by atoms with Crippen molar-refractivity contribution in [1.29, 1.82) is 0 Å². The Kier molecular flexibility index (Phi) is 4.79. The van der Waals surface area contributed by atoms with Crippen LogP contribution in [0.3, 0.4) is 0 Å². The topological polar surface area (TPSA) is 32.3 Å². The number of aliphatic hydroxyl groups excluding tert-OH is 1. The highest BCUT2D eigenvalue weighted by atomic mass is 16.3. The maximum Gasteiger partial charge on any atom is 0.0524 e. The van der Waals surface area contributed by atoms with Gasteiger partial charge in [-0.05, 0) is 39.3 Å². The second-order valence-electron chi connectivity index (χ2n) is 4.23. The van der Waals surface area contributed by atoms with Crippen molar-refractivity contribution in [2.45, 2.75) is 39.3 Å². The van der Waals surface area contributed by atoms with Crippen molar-refractivity contribution < 1.29 is 5.11 Å². The fourth-order valence-electron chi connectivity index (χ4n) is 1.57. The molecule has 1 aromatic carbocycles. The van der Waals surface area contributed by atoms with Crippen LogP contribution in [-0.4, -0.2) is 17.8 Å². The van der Waals surface area contributed by atoms with E-state index < -0.39 is 0 Å². The summed E-state index contributed by atoms with van der Waals surface area (Å²) in [5.74, 6) is 0. The maximum absolute atomic E-state index is 9.14. The third-order valence-electron chi connectivity index (χ3n) is 2.55. The lowest BCUT2D eigenvalue weighted by atomic mass is 10.1. The van der Waals surface area contributed by atoms with Crippen molar-refractivity contribution in [3.63, 3.8) is 0 Å². The molecule has 0 amide bonds. The van der Waals surface area contributed by atoms with Crippen molar-refractivity contribution in [1.82, 2.24) is 5.32 Å². The molecule has 0 spiro atoms. The summed E-state index contributed by atoms with van der Waals surface area (Å²) in [6.45, 7) is 6.93. The summed E-state index contributed by atoms with van der Waals surface area (Å²) in [5, 5.41) is 12.5. The molecule has 0 saturated carbocycles. The molecule has 2 N–H and O–H groups in total. The maximum atomic E-state index is 9.14. The van der Waals surface area contributed by atoms with Crippen LogP contribution in [0, 0.1) is 6.92 Å². The van der Waals surface area contributed by atoms with E-state index >= 15 is 0 Å². The molecule has 0 aliphatic carbocycles. The Bertz CT molecular complexity index is 296. The van der Waals surface area contributed by atoms with E-state index in [4.69, 9.17) is 5.11 Å². The summed E-state index contributed by atoms with van der Waals surface area (Å²) in [4.78, 5) is 0. The van der Waals surface area contributed by atoms with Gasteiger partial charge in [-0.3, -0.25) is 0 Å². The first-order valence-electron chi connectivity index (χ1n) is 5.57. The number of benzene rings is 1. The van der Waals surface area contributed by atoms with E-state index in [2.05, 4.69) is 43.4 Å². The molecule has 2 atom stereocenters. The minimum absolute atomic E-state index is 0.220. The van der Waals surface area contributed by atoms with Gasteiger partial charge in [0.15, 0.2) is 0 Å². The molecule has 2 heteroatoms. The van der Waals surface area contributed by atoms with Gasteiger partial charge in [-0.15, -0.1) is 0 Å². The van der Waals surface area contributed by atoms with Crippen molar-refractivity contribution in [3.8, 4) is 0 Å². The molecule has 0 bridgehead atoms. The molecular formula is C13H21NO. The summed E-state index contributed by atoms with van der Waals surface area (Å²) in [6.07, 6.45) is 0.582. The van der Waals surface area contributed by atoms with Crippen molar-refractivity contribution in [2.75, 3.05) is 6.54 Å². The molecule has 0 fully saturated rings. The quantitative estimate of drug-likeness (QED) is 0.777. The van der Waals surface area contributed by atoms with Crippen LogP contribution in [0.25, 0.3) is 0 Å². The molecule has 1 aromatic rings. The molecule has 0 aromatic heterocycles. The van der Waals surface area contributed by atoms with Crippen LogP contribution in [-0.2, 0) is 0 Å². The van der Waals surface area contributed by atoms with Gasteiger partial charge in [0.25, 0.3) is 0 Å². The molecule has 0 heterocycles. The van der Waals surface area contributed by atoms with E-state index in [9.17, 15) is 0 Å². The standard InChI is InChI=1S/C13H21NO/c1-10-5-4-6-13(9-10)12(3)14-8-7-11(2)15/h4-6,9,11-12,14-15H,7-8H2,1-3H3.